The molecule has 1 fully saturated rings. The smallest absolute Gasteiger partial charge is 0.270 e. The van der Waals surface area contributed by atoms with Gasteiger partial charge in [-0.25, -0.2) is 9.97 Å². The number of unbranched alkanes of at least 4 members (excludes halogenated alkanes) is 2. The van der Waals surface area contributed by atoms with E-state index in [9.17, 15) is 14.4 Å². The lowest BCUT2D eigenvalue weighted by atomic mass is 9.95. The largest absolute Gasteiger partial charge is 0.351 e. The molecule has 3 aliphatic rings. The molecule has 2 aliphatic heterocycles. The standard InChI is InChI=1S/C26H33N7O3S2/c1-15-5-6-17(30-15)22-16(26(7-8-26)33-24(22)36)11-20(34)29-12-21-31-19(14-37-21)25-32-18(13-38-25)23(35)28-10-4-2-3-9-27/h13-15H,2-12,27H2,1H3,(H,28,35)(H,29,34)(H,33,36)/t15-/m0/s1. The van der Waals surface area contributed by atoms with Crippen LogP contribution in [0.3, 0.4) is 0 Å². The Morgan fingerprint density at radius 2 is 2.00 bits per heavy atom. The molecular formula is C26H33N7O3S2. The van der Waals surface area contributed by atoms with E-state index in [1.807, 2.05) is 5.38 Å². The topological polar surface area (TPSA) is 151 Å². The number of hydrogen-bond acceptors (Lipinski definition) is 9. The van der Waals surface area contributed by atoms with Gasteiger partial charge < -0.3 is 21.7 Å². The predicted molar refractivity (Wildman–Crippen MR) is 148 cm³/mol. The molecular weight excluding hydrogens is 522 g/mol. The van der Waals surface area contributed by atoms with Crippen LogP contribution < -0.4 is 21.7 Å². The Hall–Kier alpha value is -2.96. The molecule has 5 rings (SSSR count). The lowest BCUT2D eigenvalue weighted by Crippen LogP contribution is -2.32. The Morgan fingerprint density at radius 3 is 2.74 bits per heavy atom. The minimum atomic E-state index is -0.355. The maximum atomic E-state index is 12.9. The highest BCUT2D eigenvalue weighted by atomic mass is 32.1. The zero-order chi connectivity index (χ0) is 26.7. The Kier molecular flexibility index (Phi) is 8.01. The quantitative estimate of drug-likeness (QED) is 0.296. The molecule has 10 nitrogen and oxygen atoms in total. The minimum Gasteiger partial charge on any atom is -0.351 e. The van der Waals surface area contributed by atoms with E-state index in [4.69, 9.17) is 5.73 Å². The highest BCUT2D eigenvalue weighted by molar-refractivity contribution is 7.14. The summed E-state index contributed by atoms with van der Waals surface area (Å²) in [5, 5.41) is 14.0. The van der Waals surface area contributed by atoms with Crippen LogP contribution in [-0.2, 0) is 16.1 Å². The van der Waals surface area contributed by atoms with Gasteiger partial charge in [-0.15, -0.1) is 22.7 Å². The van der Waals surface area contributed by atoms with Crippen molar-refractivity contribution in [2.75, 3.05) is 13.1 Å². The van der Waals surface area contributed by atoms with Crippen LogP contribution in [0.2, 0.25) is 0 Å². The third-order valence-corrected chi connectivity index (χ3v) is 8.83. The molecule has 1 saturated carbocycles. The molecule has 5 N–H and O–H groups in total. The average Bonchev–Trinajstić information content (AvgIpc) is 3.32. The second-order valence-electron chi connectivity index (χ2n) is 10.1. The Bertz CT molecular complexity index is 1290. The number of aromatic nitrogens is 2. The lowest BCUT2D eigenvalue weighted by Gasteiger charge is -2.13. The molecule has 4 heterocycles. The van der Waals surface area contributed by atoms with E-state index in [0.29, 0.717) is 41.6 Å². The third-order valence-electron chi connectivity index (χ3n) is 7.12. The first-order chi connectivity index (χ1) is 18.4. The van der Waals surface area contributed by atoms with Crippen LogP contribution in [0.15, 0.2) is 26.9 Å². The molecule has 0 unspecified atom stereocenters. The summed E-state index contributed by atoms with van der Waals surface area (Å²) in [6.07, 6.45) is 6.46. The second-order valence-corrected chi connectivity index (χ2v) is 11.9. The van der Waals surface area contributed by atoms with E-state index in [2.05, 4.69) is 37.8 Å². The van der Waals surface area contributed by atoms with Crippen molar-refractivity contribution in [3.05, 3.63) is 32.6 Å². The van der Waals surface area contributed by atoms with Crippen LogP contribution >= 0.6 is 22.7 Å². The van der Waals surface area contributed by atoms with Gasteiger partial charge >= 0.3 is 0 Å². The number of nitrogens with two attached hydrogens (primary N) is 1. The normalized spacial score (nSPS) is 19.6. The number of hydrogen-bond donors (Lipinski definition) is 4. The number of nitrogens with zero attached hydrogens (tertiary/aromatic N) is 3. The fourth-order valence-corrected chi connectivity index (χ4v) is 6.45. The van der Waals surface area contributed by atoms with Gasteiger partial charge in [0.1, 0.15) is 21.4 Å². The number of amides is 3. The first kappa shape index (κ1) is 26.6. The summed E-state index contributed by atoms with van der Waals surface area (Å²) < 4.78 is 0. The van der Waals surface area contributed by atoms with E-state index in [-0.39, 0.29) is 35.7 Å². The van der Waals surface area contributed by atoms with Crippen molar-refractivity contribution in [2.24, 2.45) is 10.7 Å². The van der Waals surface area contributed by atoms with Gasteiger partial charge in [-0.05, 0) is 57.6 Å². The molecule has 3 amide bonds. The molecule has 1 atom stereocenters. The van der Waals surface area contributed by atoms with E-state index in [1.165, 1.54) is 22.7 Å². The number of rotatable bonds is 12. The predicted octanol–water partition coefficient (Wildman–Crippen LogP) is 2.71. The van der Waals surface area contributed by atoms with Gasteiger partial charge in [-0.1, -0.05) is 6.42 Å². The van der Waals surface area contributed by atoms with Crippen LogP contribution in [0.5, 0.6) is 0 Å². The molecule has 0 bridgehead atoms. The Labute approximate surface area is 229 Å². The van der Waals surface area contributed by atoms with Crippen molar-refractivity contribution < 1.29 is 14.4 Å². The zero-order valence-electron chi connectivity index (χ0n) is 21.5. The molecule has 1 spiro atoms. The van der Waals surface area contributed by atoms with Crippen molar-refractivity contribution in [2.45, 2.75) is 76.4 Å². The van der Waals surface area contributed by atoms with Gasteiger partial charge in [0.15, 0.2) is 0 Å². The molecule has 2 aromatic heterocycles. The highest BCUT2D eigenvalue weighted by Gasteiger charge is 2.54. The number of aliphatic imine (C=N–C) groups is 1. The van der Waals surface area contributed by atoms with Gasteiger partial charge in [-0.3, -0.25) is 19.4 Å². The molecule has 1 aliphatic carbocycles. The summed E-state index contributed by atoms with van der Waals surface area (Å²) in [6, 6.07) is 0.213. The fourth-order valence-electron chi connectivity index (χ4n) is 4.90. The van der Waals surface area contributed by atoms with Crippen LogP contribution in [0, 0.1) is 0 Å². The van der Waals surface area contributed by atoms with Gasteiger partial charge in [0.05, 0.1) is 24.1 Å². The summed E-state index contributed by atoms with van der Waals surface area (Å²) >= 11 is 2.80. The van der Waals surface area contributed by atoms with E-state index in [0.717, 1.165) is 61.2 Å². The van der Waals surface area contributed by atoms with E-state index >= 15 is 0 Å². The van der Waals surface area contributed by atoms with Crippen LogP contribution in [0.25, 0.3) is 10.7 Å². The Morgan fingerprint density at radius 1 is 1.16 bits per heavy atom. The number of carbonyl (C=O) groups excluding carboxylic acids is 3. The summed E-state index contributed by atoms with van der Waals surface area (Å²) in [4.78, 5) is 51.7. The van der Waals surface area contributed by atoms with E-state index < -0.39 is 0 Å². The van der Waals surface area contributed by atoms with Crippen molar-refractivity contribution >= 4 is 46.1 Å². The van der Waals surface area contributed by atoms with Gasteiger partial charge in [-0.2, -0.15) is 0 Å². The van der Waals surface area contributed by atoms with Gasteiger partial charge in [0.25, 0.3) is 11.8 Å². The average molecular weight is 556 g/mol. The van der Waals surface area contributed by atoms with Crippen LogP contribution in [-0.4, -0.2) is 58.1 Å². The molecule has 0 saturated heterocycles. The van der Waals surface area contributed by atoms with Crippen LogP contribution in [0.1, 0.15) is 73.8 Å². The van der Waals surface area contributed by atoms with Gasteiger partial charge in [0.2, 0.25) is 5.91 Å². The number of nitrogens with one attached hydrogen (secondary N) is 3. The minimum absolute atomic E-state index is 0.0918. The van der Waals surface area contributed by atoms with Crippen LogP contribution in [0.4, 0.5) is 0 Å². The van der Waals surface area contributed by atoms with E-state index in [1.54, 1.807) is 5.38 Å². The first-order valence-electron chi connectivity index (χ1n) is 13.2. The molecule has 202 valence electrons. The summed E-state index contributed by atoms with van der Waals surface area (Å²) in [7, 11) is 0. The summed E-state index contributed by atoms with van der Waals surface area (Å²) in [5.41, 5.74) is 8.57. The van der Waals surface area contributed by atoms with Crippen molar-refractivity contribution in [1.29, 1.82) is 0 Å². The maximum Gasteiger partial charge on any atom is 0.270 e. The summed E-state index contributed by atoms with van der Waals surface area (Å²) in [6.45, 7) is 3.61. The molecule has 0 radical (unpaired) electrons. The molecule has 38 heavy (non-hydrogen) atoms. The number of thiazole rings is 2. The molecule has 2 aromatic rings. The molecule has 12 heteroatoms. The van der Waals surface area contributed by atoms with Gasteiger partial charge in [0, 0.05) is 29.1 Å². The summed E-state index contributed by atoms with van der Waals surface area (Å²) in [5.74, 6) is -0.419. The maximum absolute atomic E-state index is 12.9. The van der Waals surface area contributed by atoms with Crippen molar-refractivity contribution in [3.63, 3.8) is 0 Å². The van der Waals surface area contributed by atoms with Crippen molar-refractivity contribution in [3.8, 4) is 10.7 Å². The third kappa shape index (κ3) is 5.87. The highest BCUT2D eigenvalue weighted by Crippen LogP contribution is 2.49. The fraction of sp³-hybridized carbons (Fsp3) is 0.538. The second kappa shape index (κ2) is 11.4. The SMILES string of the molecule is C[C@H]1CCC(C2=C(CC(=O)NCc3nc(-c4nc(C(=O)NCCCCCN)cs4)cs3)C3(CC3)NC2=O)=N1. The monoisotopic (exact) mass is 555 g/mol. The Balaban J connectivity index is 1.16. The van der Waals surface area contributed by atoms with Crippen molar-refractivity contribution in [1.82, 2.24) is 25.9 Å². The first-order valence-corrected chi connectivity index (χ1v) is 14.9. The zero-order valence-corrected chi connectivity index (χ0v) is 23.1. The lowest BCUT2D eigenvalue weighted by molar-refractivity contribution is -0.120. The molecule has 0 aromatic carbocycles. The number of carbonyl (C=O) groups is 3.